The maximum atomic E-state index is 5.68. The summed E-state index contributed by atoms with van der Waals surface area (Å²) in [5.74, 6) is 0. The van der Waals surface area contributed by atoms with Gasteiger partial charge in [-0.05, 0) is 13.3 Å². The second-order valence-corrected chi connectivity index (χ2v) is 2.09. The molecule has 0 spiro atoms. The summed E-state index contributed by atoms with van der Waals surface area (Å²) in [5, 5.41) is 0.785. The van der Waals surface area contributed by atoms with E-state index < -0.39 is 0 Å². The summed E-state index contributed by atoms with van der Waals surface area (Å²) in [6.45, 7) is 7.61. The summed E-state index contributed by atoms with van der Waals surface area (Å²) < 4.78 is 0. The molecule has 0 aliphatic rings. The first kappa shape index (κ1) is 7.77. The molecule has 1 heteroatoms. The van der Waals surface area contributed by atoms with E-state index in [-0.39, 0.29) is 0 Å². The van der Waals surface area contributed by atoms with Crippen LogP contribution in [0.5, 0.6) is 0 Å². The Hall–Kier alpha value is -0.230. The molecule has 0 amide bonds. The molecule has 0 radical (unpaired) electrons. The van der Waals surface area contributed by atoms with Crippen molar-refractivity contribution in [3.8, 4) is 0 Å². The van der Waals surface area contributed by atoms with E-state index in [1.807, 2.05) is 6.92 Å². The van der Waals surface area contributed by atoms with Crippen LogP contribution in [0.2, 0.25) is 0 Å². The van der Waals surface area contributed by atoms with Crippen LogP contribution in [0.1, 0.15) is 20.3 Å². The minimum atomic E-state index is 0.785. The SMILES string of the molecule is C=C/C(Cl)=C(\C)CC. The quantitative estimate of drug-likeness (QED) is 0.504. The largest absolute Gasteiger partial charge is 0.0976 e. The zero-order chi connectivity index (χ0) is 6.57. The molecule has 0 aromatic rings. The Morgan fingerprint density at radius 1 is 1.75 bits per heavy atom. The van der Waals surface area contributed by atoms with Gasteiger partial charge in [0.15, 0.2) is 0 Å². The van der Waals surface area contributed by atoms with E-state index in [4.69, 9.17) is 11.6 Å². The lowest BCUT2D eigenvalue weighted by Gasteiger charge is -1.93. The first-order valence-corrected chi connectivity index (χ1v) is 3.07. The lowest BCUT2D eigenvalue weighted by atomic mass is 10.2. The maximum Gasteiger partial charge on any atom is 0.0389 e. The van der Waals surface area contributed by atoms with Crippen molar-refractivity contribution in [1.82, 2.24) is 0 Å². The Kier molecular flexibility index (Phi) is 3.63. The van der Waals surface area contributed by atoms with Crippen LogP contribution in [0.15, 0.2) is 23.3 Å². The Balaban J connectivity index is 4.03. The zero-order valence-electron chi connectivity index (χ0n) is 5.37. The lowest BCUT2D eigenvalue weighted by molar-refractivity contribution is 1.09. The Morgan fingerprint density at radius 3 is 2.38 bits per heavy atom. The molecule has 0 aromatic heterocycles. The van der Waals surface area contributed by atoms with Gasteiger partial charge in [0.25, 0.3) is 0 Å². The zero-order valence-corrected chi connectivity index (χ0v) is 6.13. The summed E-state index contributed by atoms with van der Waals surface area (Å²) in [5.41, 5.74) is 1.20. The molecule has 8 heavy (non-hydrogen) atoms. The van der Waals surface area contributed by atoms with Crippen molar-refractivity contribution in [3.05, 3.63) is 23.3 Å². The minimum Gasteiger partial charge on any atom is -0.0976 e. The van der Waals surface area contributed by atoms with E-state index >= 15 is 0 Å². The van der Waals surface area contributed by atoms with Crippen molar-refractivity contribution in [2.45, 2.75) is 20.3 Å². The molecule has 0 aliphatic heterocycles. The molecule has 46 valence electrons. The summed E-state index contributed by atoms with van der Waals surface area (Å²) >= 11 is 5.68. The molecule has 0 heterocycles. The predicted octanol–water partition coefficient (Wildman–Crippen LogP) is 3.10. The van der Waals surface area contributed by atoms with Crippen LogP contribution in [0.3, 0.4) is 0 Å². The topological polar surface area (TPSA) is 0 Å². The Morgan fingerprint density at radius 2 is 2.25 bits per heavy atom. The molecule has 0 bridgehead atoms. The van der Waals surface area contributed by atoms with Gasteiger partial charge in [-0.2, -0.15) is 0 Å². The van der Waals surface area contributed by atoms with Gasteiger partial charge in [0, 0.05) is 5.03 Å². The third-order valence-electron chi connectivity index (χ3n) is 1.12. The van der Waals surface area contributed by atoms with Gasteiger partial charge >= 0.3 is 0 Å². The standard InChI is InChI=1S/C7H11Cl/c1-4-6(3)7(8)5-2/h5H,2,4H2,1,3H3/b7-6-. The Labute approximate surface area is 55.9 Å². The first-order valence-electron chi connectivity index (χ1n) is 2.70. The summed E-state index contributed by atoms with van der Waals surface area (Å²) in [6, 6.07) is 0. The molecule has 0 N–H and O–H groups in total. The van der Waals surface area contributed by atoms with Gasteiger partial charge in [-0.3, -0.25) is 0 Å². The molecule has 0 saturated heterocycles. The van der Waals surface area contributed by atoms with Crippen LogP contribution in [-0.4, -0.2) is 0 Å². The van der Waals surface area contributed by atoms with Crippen LogP contribution in [0.25, 0.3) is 0 Å². The average Bonchev–Trinajstić information content (AvgIpc) is 1.84. The molecule has 0 aliphatic carbocycles. The fraction of sp³-hybridized carbons (Fsp3) is 0.429. The fourth-order valence-electron chi connectivity index (χ4n) is 0.343. The van der Waals surface area contributed by atoms with Crippen LogP contribution in [0, 0.1) is 0 Å². The smallest absolute Gasteiger partial charge is 0.0389 e. The number of allylic oxidation sites excluding steroid dienone is 3. The highest BCUT2D eigenvalue weighted by Gasteiger charge is 1.88. The third kappa shape index (κ3) is 2.17. The second-order valence-electron chi connectivity index (χ2n) is 1.69. The van der Waals surface area contributed by atoms with Crippen molar-refractivity contribution in [1.29, 1.82) is 0 Å². The van der Waals surface area contributed by atoms with E-state index in [1.54, 1.807) is 6.08 Å². The normalized spacial score (nSPS) is 12.9. The van der Waals surface area contributed by atoms with E-state index in [9.17, 15) is 0 Å². The van der Waals surface area contributed by atoms with Gasteiger partial charge in [0.05, 0.1) is 0 Å². The van der Waals surface area contributed by atoms with Gasteiger partial charge in [-0.25, -0.2) is 0 Å². The average molecular weight is 131 g/mol. The van der Waals surface area contributed by atoms with E-state index in [0.29, 0.717) is 0 Å². The molecule has 0 unspecified atom stereocenters. The monoisotopic (exact) mass is 130 g/mol. The van der Waals surface area contributed by atoms with Crippen molar-refractivity contribution >= 4 is 11.6 Å². The summed E-state index contributed by atoms with van der Waals surface area (Å²) in [6.07, 6.45) is 2.67. The molecule has 0 nitrogen and oxygen atoms in total. The van der Waals surface area contributed by atoms with Crippen molar-refractivity contribution in [3.63, 3.8) is 0 Å². The van der Waals surface area contributed by atoms with Crippen molar-refractivity contribution < 1.29 is 0 Å². The van der Waals surface area contributed by atoms with Gasteiger partial charge in [-0.1, -0.05) is 36.8 Å². The van der Waals surface area contributed by atoms with Gasteiger partial charge in [0.2, 0.25) is 0 Å². The van der Waals surface area contributed by atoms with Crippen LogP contribution >= 0.6 is 11.6 Å². The highest BCUT2D eigenvalue weighted by Crippen LogP contribution is 2.11. The molecule has 0 fully saturated rings. The first-order chi connectivity index (χ1) is 3.72. The van der Waals surface area contributed by atoms with Gasteiger partial charge in [-0.15, -0.1) is 0 Å². The highest BCUT2D eigenvalue weighted by atomic mass is 35.5. The van der Waals surface area contributed by atoms with Gasteiger partial charge in [0.1, 0.15) is 0 Å². The number of halogens is 1. The summed E-state index contributed by atoms with van der Waals surface area (Å²) in [7, 11) is 0. The molecule has 0 aromatic carbocycles. The van der Waals surface area contributed by atoms with E-state index in [0.717, 1.165) is 11.5 Å². The van der Waals surface area contributed by atoms with Crippen molar-refractivity contribution in [2.24, 2.45) is 0 Å². The molecule has 0 atom stereocenters. The van der Waals surface area contributed by atoms with Crippen LogP contribution < -0.4 is 0 Å². The van der Waals surface area contributed by atoms with Gasteiger partial charge < -0.3 is 0 Å². The van der Waals surface area contributed by atoms with Crippen molar-refractivity contribution in [2.75, 3.05) is 0 Å². The molecular weight excluding hydrogens is 120 g/mol. The maximum absolute atomic E-state index is 5.68. The van der Waals surface area contributed by atoms with E-state index in [1.165, 1.54) is 5.57 Å². The van der Waals surface area contributed by atoms with Crippen LogP contribution in [0.4, 0.5) is 0 Å². The number of hydrogen-bond acceptors (Lipinski definition) is 0. The molecular formula is C7H11Cl. The predicted molar refractivity (Wildman–Crippen MR) is 39.0 cm³/mol. The molecule has 0 rings (SSSR count). The van der Waals surface area contributed by atoms with E-state index in [2.05, 4.69) is 13.5 Å². The lowest BCUT2D eigenvalue weighted by Crippen LogP contribution is -1.72. The third-order valence-corrected chi connectivity index (χ3v) is 1.59. The summed E-state index contributed by atoms with van der Waals surface area (Å²) in [4.78, 5) is 0. The molecule has 0 saturated carbocycles. The highest BCUT2D eigenvalue weighted by molar-refractivity contribution is 6.31. The number of rotatable bonds is 2. The number of hydrogen-bond donors (Lipinski definition) is 0. The Bertz CT molecular complexity index is 112. The minimum absolute atomic E-state index is 0.785. The van der Waals surface area contributed by atoms with Crippen LogP contribution in [-0.2, 0) is 0 Å². The fourth-order valence-corrected chi connectivity index (χ4v) is 0.477. The second kappa shape index (κ2) is 3.73.